The van der Waals surface area contributed by atoms with E-state index in [2.05, 4.69) is 4.98 Å². The summed E-state index contributed by atoms with van der Waals surface area (Å²) in [5.74, 6) is -1.84. The van der Waals surface area contributed by atoms with E-state index in [1.54, 1.807) is 20.8 Å². The first-order valence-corrected chi connectivity index (χ1v) is 10.6. The van der Waals surface area contributed by atoms with Crippen molar-refractivity contribution in [2.45, 2.75) is 51.3 Å². The first-order chi connectivity index (χ1) is 16.5. The Morgan fingerprint density at radius 3 is 2.52 bits per heavy atom. The number of piperidine rings is 1. The zero-order chi connectivity index (χ0) is 26.8. The third-order valence-electron chi connectivity index (χ3n) is 5.40. The smallest absolute Gasteiger partial charge is 0.449 e. The summed E-state index contributed by atoms with van der Waals surface area (Å²) in [6.45, 7) is 2.59. The number of halogens is 4. The first kappa shape index (κ1) is 19.7. The maximum atomic E-state index is 13.7. The monoisotopic (exact) mass is 488 g/mol. The number of aryl methyl sites for hydroxylation is 1. The second kappa shape index (κ2) is 7.93. The van der Waals surface area contributed by atoms with Gasteiger partial charge in [0.15, 0.2) is 11.0 Å². The van der Waals surface area contributed by atoms with Crippen LogP contribution in [0.3, 0.4) is 0 Å². The summed E-state index contributed by atoms with van der Waals surface area (Å²) in [6.07, 6.45) is -4.78. The van der Waals surface area contributed by atoms with Crippen LogP contribution in [-0.2, 0) is 17.9 Å². The van der Waals surface area contributed by atoms with Gasteiger partial charge in [0.1, 0.15) is 22.4 Å². The number of carbonyl (C=O) groups excluding carboxylic acids is 1. The normalized spacial score (nSPS) is 17.8. The molecule has 178 valence electrons. The Kier molecular flexibility index (Phi) is 4.73. The van der Waals surface area contributed by atoms with Crippen LogP contribution < -0.4 is 5.43 Å². The number of imidazole rings is 1. The zero-order valence-electron chi connectivity index (χ0n) is 21.0. The van der Waals surface area contributed by atoms with E-state index in [9.17, 15) is 22.8 Å². The lowest BCUT2D eigenvalue weighted by Gasteiger charge is -2.33. The Balaban J connectivity index is 1.81. The Morgan fingerprint density at radius 2 is 1.94 bits per heavy atom. The molecule has 0 N–H and O–H groups in total. The number of hydrogen-bond acceptors (Lipinski definition) is 5. The molecule has 1 aromatic carbocycles. The number of rotatable bonds is 1. The fraction of sp³-hybridized carbons (Fsp3) is 0.500. The van der Waals surface area contributed by atoms with E-state index in [0.717, 1.165) is 6.07 Å². The van der Waals surface area contributed by atoms with Gasteiger partial charge in [-0.25, -0.2) is 9.78 Å². The third kappa shape index (κ3) is 4.40. The number of carbonyl (C=O) groups is 1. The second-order valence-electron chi connectivity index (χ2n) is 8.96. The van der Waals surface area contributed by atoms with Crippen LogP contribution in [-0.4, -0.2) is 39.2 Å². The molecule has 0 unspecified atom stereocenters. The summed E-state index contributed by atoms with van der Waals surface area (Å²) in [6, 6.07) is 2.34. The van der Waals surface area contributed by atoms with Gasteiger partial charge in [-0.3, -0.25) is 4.79 Å². The number of benzene rings is 1. The van der Waals surface area contributed by atoms with Crippen molar-refractivity contribution in [3.05, 3.63) is 39.0 Å². The van der Waals surface area contributed by atoms with Gasteiger partial charge in [-0.1, -0.05) is 11.6 Å². The highest BCUT2D eigenvalue weighted by Gasteiger charge is 2.38. The van der Waals surface area contributed by atoms with E-state index in [1.807, 2.05) is 0 Å². The van der Waals surface area contributed by atoms with Gasteiger partial charge in [0.2, 0.25) is 5.82 Å². The van der Waals surface area contributed by atoms with E-state index in [0.29, 0.717) is 25.9 Å². The first-order valence-electron chi connectivity index (χ1n) is 11.7. The molecule has 1 fully saturated rings. The van der Waals surface area contributed by atoms with Gasteiger partial charge in [-0.15, -0.1) is 0 Å². The lowest BCUT2D eigenvalue weighted by molar-refractivity contribution is -0.146. The van der Waals surface area contributed by atoms with Crippen LogP contribution in [0.4, 0.5) is 18.0 Å². The average Bonchev–Trinajstić information content (AvgIpc) is 3.16. The number of hydrogen-bond donors (Lipinski definition) is 0. The number of likely N-dealkylation sites (tertiary alicyclic amines) is 1. The molecule has 0 spiro atoms. The minimum absolute atomic E-state index is 0.0361. The van der Waals surface area contributed by atoms with Gasteiger partial charge >= 0.3 is 12.3 Å². The Hall–Kier alpha value is -2.75. The largest absolute Gasteiger partial charge is 0.458 e. The molecule has 0 atom stereocenters. The van der Waals surface area contributed by atoms with Gasteiger partial charge in [-0.2, -0.15) is 13.2 Å². The highest BCUT2D eigenvalue weighted by Crippen LogP contribution is 2.37. The van der Waals surface area contributed by atoms with E-state index in [-0.39, 0.29) is 32.2 Å². The number of alkyl halides is 3. The Bertz CT molecular complexity index is 1400. The van der Waals surface area contributed by atoms with Crippen molar-refractivity contribution < 1.29 is 31.2 Å². The molecule has 1 aliphatic heterocycles. The van der Waals surface area contributed by atoms with E-state index < -0.39 is 47.1 Å². The molecule has 1 amide bonds. The predicted molar refractivity (Wildman–Crippen MR) is 117 cm³/mol. The lowest BCUT2D eigenvalue weighted by atomic mass is 9.94. The molecule has 33 heavy (non-hydrogen) atoms. The maximum Gasteiger partial charge on any atom is 0.449 e. The van der Waals surface area contributed by atoms with Crippen molar-refractivity contribution in [2.24, 2.45) is 6.98 Å². The van der Waals surface area contributed by atoms with Crippen molar-refractivity contribution in [3.8, 4) is 0 Å². The van der Waals surface area contributed by atoms with Gasteiger partial charge < -0.3 is 18.6 Å². The Morgan fingerprint density at radius 1 is 1.27 bits per heavy atom. The molecule has 3 aromatic rings. The molecular weight excluding hydrogens is 463 g/mol. The Labute approximate surface area is 196 Å². The van der Waals surface area contributed by atoms with Crippen molar-refractivity contribution >= 4 is 39.7 Å². The summed E-state index contributed by atoms with van der Waals surface area (Å²) in [7, 11) is 0. The summed E-state index contributed by atoms with van der Waals surface area (Å²) in [5.41, 5.74) is -2.56. The zero-order valence-corrected chi connectivity index (χ0v) is 18.8. The van der Waals surface area contributed by atoms with Crippen LogP contribution in [0.2, 0.25) is 5.02 Å². The van der Waals surface area contributed by atoms with E-state index >= 15 is 0 Å². The molecule has 0 radical (unpaired) electrons. The van der Waals surface area contributed by atoms with Crippen molar-refractivity contribution in [3.63, 3.8) is 0 Å². The van der Waals surface area contributed by atoms with Gasteiger partial charge in [0.25, 0.3) is 0 Å². The predicted octanol–water partition coefficient (Wildman–Crippen LogP) is 5.47. The molecule has 7 nitrogen and oxygen atoms in total. The molecule has 11 heteroatoms. The quantitative estimate of drug-likeness (QED) is 0.454. The number of nitrogens with zero attached hydrogens (tertiary/aromatic N) is 3. The number of aromatic nitrogens is 2. The van der Waals surface area contributed by atoms with E-state index in [4.69, 9.17) is 24.9 Å². The molecular formula is C22H23ClF3N3O4. The van der Waals surface area contributed by atoms with Gasteiger partial charge in [0.05, 0.1) is 10.4 Å². The van der Waals surface area contributed by atoms with Crippen LogP contribution in [0.15, 0.2) is 21.3 Å². The van der Waals surface area contributed by atoms with Crippen LogP contribution >= 0.6 is 11.6 Å². The molecule has 4 rings (SSSR count). The highest BCUT2D eigenvalue weighted by molar-refractivity contribution is 6.36. The number of fused-ring (bicyclic) bond motifs is 3. The summed E-state index contributed by atoms with van der Waals surface area (Å²) in [4.78, 5) is 30.3. The SMILES string of the molecule is [2H]C([2H])([2H])n1c(C(F)(F)F)nc2c(Cl)cc3c(=O)cc(C4CCN(C(=O)OC(C)(C)C)CC4)oc3c21. The van der Waals surface area contributed by atoms with E-state index in [1.165, 1.54) is 11.0 Å². The summed E-state index contributed by atoms with van der Waals surface area (Å²) in [5, 5.41) is -0.474. The maximum absolute atomic E-state index is 13.7. The summed E-state index contributed by atoms with van der Waals surface area (Å²) >= 11 is 6.12. The lowest BCUT2D eigenvalue weighted by Crippen LogP contribution is -2.41. The molecule has 0 aliphatic carbocycles. The van der Waals surface area contributed by atoms with Crippen molar-refractivity contribution in [1.82, 2.24) is 14.5 Å². The van der Waals surface area contributed by atoms with Gasteiger partial charge in [0, 0.05) is 36.2 Å². The number of ether oxygens (including phenoxy) is 1. The molecule has 0 bridgehead atoms. The van der Waals surface area contributed by atoms with Crippen LogP contribution in [0.1, 0.15) is 55.2 Å². The fourth-order valence-electron chi connectivity index (χ4n) is 3.89. The van der Waals surface area contributed by atoms with Crippen molar-refractivity contribution in [1.29, 1.82) is 0 Å². The highest BCUT2D eigenvalue weighted by atomic mass is 35.5. The fourth-order valence-corrected chi connectivity index (χ4v) is 4.13. The minimum atomic E-state index is -5.10. The standard InChI is InChI=1S/C22H23ClF3N3O4/c1-21(2,3)33-20(31)29-7-5-11(6-8-29)15-10-14(30)12-9-13(23)16-17(18(12)32-15)28(4)19(27-16)22(24,25)26/h9-11H,5-8H2,1-4H3/i4D3. The van der Waals surface area contributed by atoms with Crippen LogP contribution in [0, 0.1) is 0 Å². The van der Waals surface area contributed by atoms with Crippen molar-refractivity contribution in [2.75, 3.05) is 13.1 Å². The van der Waals surface area contributed by atoms with Gasteiger partial charge in [-0.05, 0) is 39.7 Å². The minimum Gasteiger partial charge on any atom is -0.458 e. The molecule has 0 saturated carbocycles. The van der Waals surface area contributed by atoms with Crippen LogP contribution in [0.25, 0.3) is 22.0 Å². The van der Waals surface area contributed by atoms with Crippen LogP contribution in [0.5, 0.6) is 0 Å². The summed E-state index contributed by atoms with van der Waals surface area (Å²) < 4.78 is 75.5. The molecule has 3 heterocycles. The number of amides is 1. The third-order valence-corrected chi connectivity index (χ3v) is 5.68. The molecule has 2 aromatic heterocycles. The molecule has 1 aliphatic rings. The molecule has 1 saturated heterocycles. The average molecular weight is 489 g/mol. The topological polar surface area (TPSA) is 77.6 Å². The second-order valence-corrected chi connectivity index (χ2v) is 9.36.